The first kappa shape index (κ1) is 23.2. The van der Waals surface area contributed by atoms with Crippen LogP contribution in [0.3, 0.4) is 0 Å². The Morgan fingerprint density at radius 2 is 1.94 bits per heavy atom. The van der Waals surface area contributed by atoms with Gasteiger partial charge in [0.15, 0.2) is 11.5 Å². The van der Waals surface area contributed by atoms with E-state index in [0.717, 1.165) is 4.90 Å². The maximum Gasteiger partial charge on any atom is 0.413 e. The van der Waals surface area contributed by atoms with Gasteiger partial charge in [-0.1, -0.05) is 13.3 Å². The number of nitrogens with one attached hydrogen (secondary N) is 3. The van der Waals surface area contributed by atoms with Gasteiger partial charge in [0.1, 0.15) is 6.04 Å². The van der Waals surface area contributed by atoms with Gasteiger partial charge < -0.3 is 26.6 Å². The summed E-state index contributed by atoms with van der Waals surface area (Å²) in [5, 5.41) is 24.2. The molecular weight excluding hydrogens is 434 g/mol. The Morgan fingerprint density at radius 3 is 2.55 bits per heavy atom. The molecule has 174 valence electrons. The monoisotopic (exact) mass is 457 g/mol. The Hall–Kier alpha value is -4.42. The third-order valence-electron chi connectivity index (χ3n) is 4.82. The summed E-state index contributed by atoms with van der Waals surface area (Å²) in [6, 6.07) is 5.33. The summed E-state index contributed by atoms with van der Waals surface area (Å²) in [5.41, 5.74) is 5.96. The van der Waals surface area contributed by atoms with Gasteiger partial charge in [0.05, 0.1) is 18.8 Å². The van der Waals surface area contributed by atoms with Crippen LogP contribution in [0.4, 0.5) is 27.9 Å². The van der Waals surface area contributed by atoms with Gasteiger partial charge in [-0.25, -0.2) is 14.6 Å². The zero-order valence-electron chi connectivity index (χ0n) is 17.7. The number of aromatic nitrogens is 2. The largest absolute Gasteiger partial charge is 0.480 e. The van der Waals surface area contributed by atoms with Gasteiger partial charge in [-0.2, -0.15) is 4.98 Å². The SMILES string of the molecule is CCCC(NC(=O)c1ccc(NCC2=Nc3c(nc(N)[nH]c3=O)N(C(=O)O)C2)cc1)C(=O)O. The third-order valence-corrected chi connectivity index (χ3v) is 4.82. The average molecular weight is 457 g/mol. The van der Waals surface area contributed by atoms with Crippen LogP contribution in [-0.4, -0.2) is 63.0 Å². The van der Waals surface area contributed by atoms with E-state index in [9.17, 15) is 29.4 Å². The third kappa shape index (κ3) is 5.44. The molecule has 1 atom stereocenters. The maximum atomic E-state index is 12.3. The highest BCUT2D eigenvalue weighted by Crippen LogP contribution is 2.27. The van der Waals surface area contributed by atoms with Crippen LogP contribution in [0, 0.1) is 0 Å². The number of anilines is 3. The van der Waals surface area contributed by atoms with E-state index in [1.807, 2.05) is 6.92 Å². The Kier molecular flexibility index (Phi) is 6.91. The lowest BCUT2D eigenvalue weighted by Gasteiger charge is -2.25. The van der Waals surface area contributed by atoms with Gasteiger partial charge in [0.2, 0.25) is 5.95 Å². The summed E-state index contributed by atoms with van der Waals surface area (Å²) < 4.78 is 0. The van der Waals surface area contributed by atoms with E-state index in [1.54, 1.807) is 12.1 Å². The van der Waals surface area contributed by atoms with Gasteiger partial charge in [-0.15, -0.1) is 0 Å². The number of rotatable bonds is 8. The van der Waals surface area contributed by atoms with E-state index in [-0.39, 0.29) is 30.5 Å². The molecule has 13 nitrogen and oxygen atoms in total. The lowest BCUT2D eigenvalue weighted by molar-refractivity contribution is -0.139. The Morgan fingerprint density at radius 1 is 1.24 bits per heavy atom. The number of hydrogen-bond acceptors (Lipinski definition) is 8. The number of fused-ring (bicyclic) bond motifs is 1. The number of nitrogen functional groups attached to an aromatic ring is 1. The smallest absolute Gasteiger partial charge is 0.413 e. The summed E-state index contributed by atoms with van der Waals surface area (Å²) in [6.45, 7) is 1.84. The summed E-state index contributed by atoms with van der Waals surface area (Å²) in [4.78, 5) is 58.5. The number of hydrogen-bond donors (Lipinski definition) is 6. The number of nitrogens with zero attached hydrogens (tertiary/aromatic N) is 3. The van der Waals surface area contributed by atoms with Crippen LogP contribution < -0.4 is 26.8 Å². The van der Waals surface area contributed by atoms with E-state index in [0.29, 0.717) is 29.8 Å². The van der Waals surface area contributed by atoms with Gasteiger partial charge in [-0.05, 0) is 30.7 Å². The van der Waals surface area contributed by atoms with Crippen molar-refractivity contribution in [1.29, 1.82) is 0 Å². The molecule has 1 aromatic carbocycles. The molecule has 2 amide bonds. The van der Waals surface area contributed by atoms with Crippen molar-refractivity contribution >= 4 is 46.8 Å². The number of benzene rings is 1. The number of carbonyl (C=O) groups is 3. The second kappa shape index (κ2) is 9.80. The van der Waals surface area contributed by atoms with Crippen molar-refractivity contribution in [3.8, 4) is 0 Å². The lowest BCUT2D eigenvalue weighted by Crippen LogP contribution is -2.41. The van der Waals surface area contributed by atoms with Crippen LogP contribution in [0.15, 0.2) is 34.1 Å². The van der Waals surface area contributed by atoms with Crippen molar-refractivity contribution in [3.63, 3.8) is 0 Å². The molecule has 0 saturated carbocycles. The van der Waals surface area contributed by atoms with Crippen LogP contribution in [0.25, 0.3) is 0 Å². The summed E-state index contributed by atoms with van der Waals surface area (Å²) in [7, 11) is 0. The molecule has 1 unspecified atom stereocenters. The number of aliphatic carboxylic acids is 1. The number of nitrogens with two attached hydrogens (primary N) is 1. The van der Waals surface area contributed by atoms with E-state index < -0.39 is 29.6 Å². The first-order valence-corrected chi connectivity index (χ1v) is 10.0. The van der Waals surface area contributed by atoms with Crippen LogP contribution in [-0.2, 0) is 4.79 Å². The summed E-state index contributed by atoms with van der Waals surface area (Å²) in [6.07, 6.45) is -0.368. The zero-order valence-corrected chi connectivity index (χ0v) is 17.7. The average Bonchev–Trinajstić information content (AvgIpc) is 2.77. The molecule has 2 aromatic rings. The van der Waals surface area contributed by atoms with Gasteiger partial charge >= 0.3 is 12.1 Å². The minimum atomic E-state index is -1.31. The second-order valence-electron chi connectivity index (χ2n) is 7.25. The fourth-order valence-corrected chi connectivity index (χ4v) is 3.20. The molecule has 0 fully saturated rings. The van der Waals surface area contributed by atoms with Crippen molar-refractivity contribution in [2.24, 2.45) is 4.99 Å². The highest BCUT2D eigenvalue weighted by atomic mass is 16.4. The molecule has 33 heavy (non-hydrogen) atoms. The fraction of sp³-hybridized carbons (Fsp3) is 0.300. The topological polar surface area (TPSA) is 203 Å². The lowest BCUT2D eigenvalue weighted by atomic mass is 10.1. The predicted octanol–water partition coefficient (Wildman–Crippen LogP) is 1.02. The first-order chi connectivity index (χ1) is 15.7. The van der Waals surface area contributed by atoms with Gasteiger partial charge in [-0.3, -0.25) is 19.5 Å². The molecule has 7 N–H and O–H groups in total. The van der Waals surface area contributed by atoms with Crippen molar-refractivity contribution in [1.82, 2.24) is 15.3 Å². The molecule has 0 saturated heterocycles. The predicted molar refractivity (Wildman–Crippen MR) is 120 cm³/mol. The van der Waals surface area contributed by atoms with Crippen LogP contribution >= 0.6 is 0 Å². The Balaban J connectivity index is 1.69. The number of carboxylic acid groups (broad SMARTS) is 2. The van der Waals surface area contributed by atoms with Crippen molar-refractivity contribution in [2.45, 2.75) is 25.8 Å². The maximum absolute atomic E-state index is 12.3. The molecule has 1 aromatic heterocycles. The highest BCUT2D eigenvalue weighted by Gasteiger charge is 2.28. The van der Waals surface area contributed by atoms with Crippen molar-refractivity contribution in [2.75, 3.05) is 29.0 Å². The molecular formula is C20H23N7O6. The molecule has 1 aliphatic rings. The molecule has 1 aliphatic heterocycles. The van der Waals surface area contributed by atoms with Crippen LogP contribution in [0.2, 0.25) is 0 Å². The zero-order chi connectivity index (χ0) is 24.1. The molecule has 0 spiro atoms. The first-order valence-electron chi connectivity index (χ1n) is 10.0. The van der Waals surface area contributed by atoms with Gasteiger partial charge in [0.25, 0.3) is 11.5 Å². The molecule has 3 rings (SSSR count). The summed E-state index contributed by atoms with van der Waals surface area (Å²) >= 11 is 0. The fourth-order valence-electron chi connectivity index (χ4n) is 3.20. The van der Waals surface area contributed by atoms with Crippen LogP contribution in [0.5, 0.6) is 0 Å². The quantitative estimate of drug-likeness (QED) is 0.334. The molecule has 13 heteroatoms. The number of H-pyrrole nitrogens is 1. The Bertz CT molecular complexity index is 1160. The number of amides is 2. The standard InChI is InChI=1S/C20H23N7O6/c1-2-3-13(18(30)31)24-16(28)10-4-6-11(7-5-10)22-8-12-9-27(20(32)33)15-14(23-12)17(29)26-19(21)25-15/h4-7,13,22H,2-3,8-9H2,1H3,(H,24,28)(H,30,31)(H,32,33)(H3,21,25,26,29). The van der Waals surface area contributed by atoms with E-state index in [4.69, 9.17) is 5.73 Å². The van der Waals surface area contributed by atoms with Crippen molar-refractivity contribution in [3.05, 3.63) is 40.2 Å². The van der Waals surface area contributed by atoms with E-state index in [2.05, 4.69) is 25.6 Å². The number of carboxylic acids is 1. The highest BCUT2D eigenvalue weighted by molar-refractivity contribution is 6.04. The van der Waals surface area contributed by atoms with Gasteiger partial charge in [0, 0.05) is 11.3 Å². The molecule has 0 aliphatic carbocycles. The minimum absolute atomic E-state index is 0.111. The van der Waals surface area contributed by atoms with E-state index >= 15 is 0 Å². The number of carbonyl (C=O) groups excluding carboxylic acids is 1. The normalized spacial score (nSPS) is 13.5. The molecule has 2 heterocycles. The molecule has 0 radical (unpaired) electrons. The molecule has 0 bridgehead atoms. The second-order valence-corrected chi connectivity index (χ2v) is 7.25. The number of aromatic amines is 1. The summed E-state index contributed by atoms with van der Waals surface area (Å²) in [5.74, 6) is -1.94. The van der Waals surface area contributed by atoms with Crippen molar-refractivity contribution < 1.29 is 24.6 Å². The minimum Gasteiger partial charge on any atom is -0.480 e. The number of aliphatic imine (C=N–C) groups is 1. The van der Waals surface area contributed by atoms with E-state index in [1.165, 1.54) is 12.1 Å². The Labute approximate surface area is 187 Å². The van der Waals surface area contributed by atoms with Crippen LogP contribution in [0.1, 0.15) is 30.1 Å².